The van der Waals surface area contributed by atoms with Crippen molar-refractivity contribution in [2.75, 3.05) is 24.9 Å². The van der Waals surface area contributed by atoms with Gasteiger partial charge in [-0.15, -0.1) is 0 Å². The number of nitrogens with one attached hydrogen (secondary N) is 1. The number of anilines is 1. The van der Waals surface area contributed by atoms with E-state index in [1.807, 2.05) is 13.8 Å². The van der Waals surface area contributed by atoms with Crippen molar-refractivity contribution in [1.82, 2.24) is 4.90 Å². The molecule has 0 spiro atoms. The van der Waals surface area contributed by atoms with Crippen molar-refractivity contribution >= 4 is 39.3 Å². The van der Waals surface area contributed by atoms with Gasteiger partial charge < -0.3 is 9.64 Å². The van der Waals surface area contributed by atoms with Crippen molar-refractivity contribution in [3.8, 4) is 5.75 Å². The summed E-state index contributed by atoms with van der Waals surface area (Å²) in [6.45, 7) is 4.95. The first kappa shape index (κ1) is 23.5. The number of fused-ring (bicyclic) bond motifs is 1. The highest BCUT2D eigenvalue weighted by atomic mass is 32.2. The highest BCUT2D eigenvalue weighted by Gasteiger charge is 2.34. The minimum atomic E-state index is -3.97. The first-order chi connectivity index (χ1) is 15.3. The summed E-state index contributed by atoms with van der Waals surface area (Å²) < 4.78 is 33.4. The van der Waals surface area contributed by atoms with Gasteiger partial charge in [-0.2, -0.15) is 0 Å². The molecule has 0 saturated carbocycles. The van der Waals surface area contributed by atoms with Crippen LogP contribution in [0, 0.1) is 5.92 Å². The summed E-state index contributed by atoms with van der Waals surface area (Å²) >= 11 is 0. The first-order valence-corrected chi connectivity index (χ1v) is 12.0. The van der Waals surface area contributed by atoms with E-state index in [9.17, 15) is 18.0 Å². The molecule has 0 bridgehead atoms. The molecule has 1 aliphatic heterocycles. The number of aliphatic imine (C=N–C) groups is 1. The fraction of sp³-hybridized carbons (Fsp3) is 0.348. The monoisotopic (exact) mass is 457 g/mol. The van der Waals surface area contributed by atoms with Crippen molar-refractivity contribution in [1.29, 1.82) is 0 Å². The first-order valence-electron chi connectivity index (χ1n) is 10.5. The summed E-state index contributed by atoms with van der Waals surface area (Å²) in [4.78, 5) is 31.8. The number of amides is 1. The Kier molecular flexibility index (Phi) is 7.29. The number of carbonyl (C=O) groups excluding carboxylic acids is 2. The van der Waals surface area contributed by atoms with Crippen LogP contribution in [0.4, 0.5) is 11.4 Å². The quantitative estimate of drug-likeness (QED) is 0.579. The van der Waals surface area contributed by atoms with Crippen LogP contribution in [0.1, 0.15) is 37.0 Å². The van der Waals surface area contributed by atoms with Gasteiger partial charge in [0.25, 0.3) is 10.0 Å². The number of hydrogen-bond acceptors (Lipinski definition) is 6. The summed E-state index contributed by atoms with van der Waals surface area (Å²) in [5.41, 5.74) is 0.788. The molecule has 1 unspecified atom stereocenters. The molecule has 9 heteroatoms. The number of rotatable bonds is 9. The van der Waals surface area contributed by atoms with Gasteiger partial charge in [-0.25, -0.2) is 8.42 Å². The van der Waals surface area contributed by atoms with Gasteiger partial charge >= 0.3 is 0 Å². The molecule has 1 atom stereocenters. The number of carbonyl (C=O) groups is 2. The molecular formula is C23H27N3O5S. The second-order valence-electron chi connectivity index (χ2n) is 7.41. The van der Waals surface area contributed by atoms with Gasteiger partial charge in [0.15, 0.2) is 5.78 Å². The molecule has 3 rings (SSSR count). The highest BCUT2D eigenvalue weighted by Crippen LogP contribution is 2.30. The maximum Gasteiger partial charge on any atom is 0.261 e. The molecule has 0 saturated heterocycles. The fourth-order valence-corrected chi connectivity index (χ4v) is 4.50. The highest BCUT2D eigenvalue weighted by molar-refractivity contribution is 7.92. The predicted octanol–water partition coefficient (Wildman–Crippen LogP) is 3.66. The second-order valence-corrected chi connectivity index (χ2v) is 9.09. The lowest BCUT2D eigenvalue weighted by Crippen LogP contribution is -2.41. The van der Waals surface area contributed by atoms with Crippen LogP contribution in [-0.2, 0) is 14.8 Å². The van der Waals surface area contributed by atoms with Crippen LogP contribution in [0.25, 0.3) is 0 Å². The summed E-state index contributed by atoms with van der Waals surface area (Å²) in [5, 5.41) is 0. The van der Waals surface area contributed by atoms with E-state index in [4.69, 9.17) is 4.74 Å². The molecule has 0 radical (unpaired) electrons. The van der Waals surface area contributed by atoms with Gasteiger partial charge in [-0.3, -0.25) is 19.3 Å². The van der Waals surface area contributed by atoms with E-state index in [1.54, 1.807) is 29.2 Å². The average molecular weight is 458 g/mol. The Bertz CT molecular complexity index is 1140. The molecule has 0 aromatic heterocycles. The Balaban J connectivity index is 1.87. The molecule has 1 amide bonds. The van der Waals surface area contributed by atoms with Crippen molar-refractivity contribution in [2.45, 2.75) is 31.6 Å². The van der Waals surface area contributed by atoms with Gasteiger partial charge in [-0.05, 0) is 43.7 Å². The molecule has 170 valence electrons. The third-order valence-electron chi connectivity index (χ3n) is 5.25. The molecule has 2 aromatic carbocycles. The number of sulfonamides is 1. The van der Waals surface area contributed by atoms with E-state index >= 15 is 0 Å². The van der Waals surface area contributed by atoms with Crippen LogP contribution >= 0.6 is 0 Å². The van der Waals surface area contributed by atoms with Gasteiger partial charge in [0.1, 0.15) is 11.7 Å². The minimum absolute atomic E-state index is 0.0888. The number of nitrogens with zero attached hydrogens (tertiary/aromatic N) is 2. The van der Waals surface area contributed by atoms with Crippen LogP contribution < -0.4 is 9.46 Å². The minimum Gasteiger partial charge on any atom is -0.497 e. The van der Waals surface area contributed by atoms with Gasteiger partial charge in [0.05, 0.1) is 23.4 Å². The number of unbranched alkanes of at least 4 members (excludes halogenated alkanes) is 1. The van der Waals surface area contributed by atoms with Gasteiger partial charge in [-0.1, -0.05) is 19.4 Å². The van der Waals surface area contributed by atoms with Crippen LogP contribution in [0.2, 0.25) is 0 Å². The Morgan fingerprint density at radius 3 is 2.66 bits per heavy atom. The lowest BCUT2D eigenvalue weighted by Gasteiger charge is -2.25. The lowest BCUT2D eigenvalue weighted by atomic mass is 9.93. The zero-order valence-corrected chi connectivity index (χ0v) is 19.2. The van der Waals surface area contributed by atoms with Crippen molar-refractivity contribution < 1.29 is 22.7 Å². The van der Waals surface area contributed by atoms with Crippen LogP contribution in [-0.4, -0.2) is 51.4 Å². The molecule has 0 aliphatic carbocycles. The number of Topliss-reactive ketones (excluding diaryl/α,β-unsaturated/α-hetero) is 1. The summed E-state index contributed by atoms with van der Waals surface area (Å²) in [7, 11) is -2.48. The van der Waals surface area contributed by atoms with E-state index in [0.29, 0.717) is 30.2 Å². The van der Waals surface area contributed by atoms with E-state index in [-0.39, 0.29) is 16.4 Å². The predicted molar refractivity (Wildman–Crippen MR) is 123 cm³/mol. The third-order valence-corrected chi connectivity index (χ3v) is 6.63. The Hall–Kier alpha value is -3.20. The van der Waals surface area contributed by atoms with E-state index in [1.165, 1.54) is 31.5 Å². The van der Waals surface area contributed by atoms with Crippen LogP contribution in [0.15, 0.2) is 52.4 Å². The number of ketones is 1. The van der Waals surface area contributed by atoms with E-state index in [0.717, 1.165) is 12.8 Å². The second kappa shape index (κ2) is 9.95. The largest absolute Gasteiger partial charge is 0.497 e. The van der Waals surface area contributed by atoms with Crippen LogP contribution in [0.5, 0.6) is 5.75 Å². The molecule has 0 fully saturated rings. The summed E-state index contributed by atoms with van der Waals surface area (Å²) in [6, 6.07) is 10.6. The Labute approximate surface area is 188 Å². The molecule has 32 heavy (non-hydrogen) atoms. The van der Waals surface area contributed by atoms with Crippen molar-refractivity contribution in [3.05, 3.63) is 48.0 Å². The molecule has 1 aliphatic rings. The zero-order chi connectivity index (χ0) is 23.3. The SMILES string of the molecule is CCCCN(CC)C(=O)C1C=Nc2ccc(S(=O)(=O)Nc3cccc(OC)c3)cc2C1=O. The van der Waals surface area contributed by atoms with E-state index < -0.39 is 21.7 Å². The molecule has 1 N–H and O–H groups in total. The summed E-state index contributed by atoms with van der Waals surface area (Å²) in [6.07, 6.45) is 3.12. The maximum absolute atomic E-state index is 13.1. The maximum atomic E-state index is 13.1. The standard InChI is InChI=1S/C23H27N3O5S/c1-4-6-12-26(5-2)23(28)20-15-24-21-11-10-18(14-19(21)22(20)27)32(29,30)25-16-8-7-9-17(13-16)31-3/h7-11,13-15,20,25H,4-6,12H2,1-3H3. The lowest BCUT2D eigenvalue weighted by molar-refractivity contribution is -0.131. The van der Waals surface area contributed by atoms with Gasteiger partial charge in [0, 0.05) is 30.9 Å². The Morgan fingerprint density at radius 2 is 1.97 bits per heavy atom. The van der Waals surface area contributed by atoms with Crippen LogP contribution in [0.3, 0.4) is 0 Å². The molecule has 2 aromatic rings. The number of hydrogen-bond donors (Lipinski definition) is 1. The Morgan fingerprint density at radius 1 is 1.19 bits per heavy atom. The molecular weight excluding hydrogens is 430 g/mol. The van der Waals surface area contributed by atoms with Gasteiger partial charge in [0.2, 0.25) is 5.91 Å². The number of ether oxygens (including phenoxy) is 1. The number of benzene rings is 2. The smallest absolute Gasteiger partial charge is 0.261 e. The topological polar surface area (TPSA) is 105 Å². The molecule has 8 nitrogen and oxygen atoms in total. The van der Waals surface area contributed by atoms with E-state index in [2.05, 4.69) is 9.71 Å². The average Bonchev–Trinajstić information content (AvgIpc) is 2.79. The number of methoxy groups -OCH3 is 1. The fourth-order valence-electron chi connectivity index (χ4n) is 3.43. The normalized spacial score (nSPS) is 15.2. The summed E-state index contributed by atoms with van der Waals surface area (Å²) in [5.74, 6) is -1.31. The molecule has 1 heterocycles. The van der Waals surface area contributed by atoms with Crippen molar-refractivity contribution in [2.24, 2.45) is 10.9 Å². The van der Waals surface area contributed by atoms with Crippen molar-refractivity contribution in [3.63, 3.8) is 0 Å². The zero-order valence-electron chi connectivity index (χ0n) is 18.4. The third kappa shape index (κ3) is 4.99.